The molecule has 0 amide bonds. The number of ether oxygens (including phenoxy) is 3. The van der Waals surface area contributed by atoms with Gasteiger partial charge in [0.25, 0.3) is 0 Å². The maximum atomic E-state index is 11.8. The summed E-state index contributed by atoms with van der Waals surface area (Å²) >= 11 is 0. The normalized spacial score (nSPS) is 10.8. The zero-order chi connectivity index (χ0) is 13.1. The Balaban J connectivity index is 3.60. The summed E-state index contributed by atoms with van der Waals surface area (Å²) in [6.45, 7) is 3.27. The molecule has 1 aromatic carbocycles. The van der Waals surface area contributed by atoms with Gasteiger partial charge in [0.1, 0.15) is 4.90 Å². The van der Waals surface area contributed by atoms with Crippen molar-refractivity contribution in [2.24, 2.45) is 0 Å². The first-order valence-corrected chi connectivity index (χ1v) is 6.23. The Morgan fingerprint density at radius 2 is 1.65 bits per heavy atom. The molecule has 1 aromatic rings. The largest absolute Gasteiger partial charge is 0.493 e. The molecule has 94 valence electrons. The van der Waals surface area contributed by atoms with E-state index in [-0.39, 0.29) is 16.4 Å². The van der Waals surface area contributed by atoms with Gasteiger partial charge in [-0.15, -0.1) is 0 Å². The first kappa shape index (κ1) is 13.4. The molecule has 0 saturated carbocycles. The standard InChI is InChI=1S/C11H14O5S/c1-5-17(12,13)9-7-6-8(14-2)10(15-3)11(9)16-4/h5-7H,1H2,2-4H3. The Kier molecular flexibility index (Phi) is 4.01. The smallest absolute Gasteiger partial charge is 0.204 e. The summed E-state index contributed by atoms with van der Waals surface area (Å²) in [6.07, 6.45) is 0. The first-order chi connectivity index (χ1) is 8.01. The molecule has 0 aliphatic rings. The van der Waals surface area contributed by atoms with Crippen molar-refractivity contribution >= 4 is 9.84 Å². The van der Waals surface area contributed by atoms with Gasteiger partial charge < -0.3 is 14.2 Å². The molecule has 0 unspecified atom stereocenters. The van der Waals surface area contributed by atoms with Crippen LogP contribution in [0.5, 0.6) is 17.2 Å². The third-order valence-corrected chi connectivity index (χ3v) is 3.57. The van der Waals surface area contributed by atoms with Gasteiger partial charge in [-0.25, -0.2) is 8.42 Å². The fraction of sp³-hybridized carbons (Fsp3) is 0.273. The fourth-order valence-corrected chi connectivity index (χ4v) is 2.26. The maximum absolute atomic E-state index is 11.8. The van der Waals surface area contributed by atoms with Gasteiger partial charge in [0, 0.05) is 5.41 Å². The van der Waals surface area contributed by atoms with Gasteiger partial charge in [-0.2, -0.15) is 0 Å². The Hall–Kier alpha value is -1.69. The maximum Gasteiger partial charge on any atom is 0.204 e. The van der Waals surface area contributed by atoms with E-state index in [0.29, 0.717) is 5.75 Å². The lowest BCUT2D eigenvalue weighted by Gasteiger charge is -2.14. The van der Waals surface area contributed by atoms with E-state index in [1.165, 1.54) is 33.5 Å². The van der Waals surface area contributed by atoms with Gasteiger partial charge in [-0.05, 0) is 12.1 Å². The van der Waals surface area contributed by atoms with Gasteiger partial charge in [-0.1, -0.05) is 6.58 Å². The van der Waals surface area contributed by atoms with Crippen molar-refractivity contribution in [2.75, 3.05) is 21.3 Å². The predicted molar refractivity (Wildman–Crippen MR) is 63.5 cm³/mol. The van der Waals surface area contributed by atoms with Crippen molar-refractivity contribution in [3.63, 3.8) is 0 Å². The summed E-state index contributed by atoms with van der Waals surface area (Å²) in [5.74, 6) is 0.733. The molecule has 1 rings (SSSR count). The molecule has 0 atom stereocenters. The third kappa shape index (κ3) is 2.36. The molecule has 0 aromatic heterocycles. The van der Waals surface area contributed by atoms with Crippen molar-refractivity contribution in [2.45, 2.75) is 4.90 Å². The number of benzene rings is 1. The zero-order valence-corrected chi connectivity index (χ0v) is 10.7. The molecular formula is C11H14O5S. The number of rotatable bonds is 5. The molecule has 0 aliphatic heterocycles. The number of methoxy groups -OCH3 is 3. The highest BCUT2D eigenvalue weighted by Gasteiger charge is 2.22. The highest BCUT2D eigenvalue weighted by molar-refractivity contribution is 7.94. The van der Waals surface area contributed by atoms with E-state index in [1.807, 2.05) is 0 Å². The van der Waals surface area contributed by atoms with Crippen LogP contribution >= 0.6 is 0 Å². The lowest BCUT2D eigenvalue weighted by atomic mass is 10.3. The highest BCUT2D eigenvalue weighted by atomic mass is 32.2. The van der Waals surface area contributed by atoms with Crippen LogP contribution in [0.4, 0.5) is 0 Å². The Bertz CT molecular complexity index is 519. The summed E-state index contributed by atoms with van der Waals surface area (Å²) in [4.78, 5) is -0.00681. The second-order valence-corrected chi connectivity index (χ2v) is 4.91. The lowest BCUT2D eigenvalue weighted by molar-refractivity contribution is 0.319. The van der Waals surface area contributed by atoms with E-state index in [2.05, 4.69) is 6.58 Å². The molecule has 0 saturated heterocycles. The van der Waals surface area contributed by atoms with Gasteiger partial charge in [0.05, 0.1) is 21.3 Å². The molecule has 0 aliphatic carbocycles. The second kappa shape index (κ2) is 5.09. The molecule has 0 fully saturated rings. The van der Waals surface area contributed by atoms with Crippen molar-refractivity contribution in [1.82, 2.24) is 0 Å². The minimum absolute atomic E-state index is 0.00681. The molecule has 0 heterocycles. The third-order valence-electron chi connectivity index (χ3n) is 2.19. The molecule has 0 spiro atoms. The van der Waals surface area contributed by atoms with Crippen LogP contribution in [-0.4, -0.2) is 29.7 Å². The SMILES string of the molecule is C=CS(=O)(=O)c1ccc(OC)c(OC)c1OC. The summed E-state index contributed by atoms with van der Waals surface area (Å²) in [6, 6.07) is 2.88. The minimum Gasteiger partial charge on any atom is -0.493 e. The van der Waals surface area contributed by atoms with Crippen molar-refractivity contribution < 1.29 is 22.6 Å². The molecule has 6 heteroatoms. The highest BCUT2D eigenvalue weighted by Crippen LogP contribution is 2.42. The van der Waals surface area contributed by atoms with E-state index in [1.54, 1.807) is 0 Å². The summed E-state index contributed by atoms with van der Waals surface area (Å²) in [5, 5.41) is 0.858. The van der Waals surface area contributed by atoms with Crippen LogP contribution in [0.25, 0.3) is 0 Å². The Morgan fingerprint density at radius 3 is 2.06 bits per heavy atom. The van der Waals surface area contributed by atoms with Gasteiger partial charge in [0.2, 0.25) is 15.6 Å². The molecule has 0 bridgehead atoms. The quantitative estimate of drug-likeness (QED) is 0.803. The van der Waals surface area contributed by atoms with Crippen molar-refractivity contribution in [1.29, 1.82) is 0 Å². The Morgan fingerprint density at radius 1 is 1.06 bits per heavy atom. The van der Waals surface area contributed by atoms with E-state index in [0.717, 1.165) is 5.41 Å². The average molecular weight is 258 g/mol. The first-order valence-electron chi connectivity index (χ1n) is 4.68. The van der Waals surface area contributed by atoms with Crippen molar-refractivity contribution in [3.05, 3.63) is 24.1 Å². The van der Waals surface area contributed by atoms with Crippen LogP contribution in [0.3, 0.4) is 0 Å². The predicted octanol–water partition coefficient (Wildman–Crippen LogP) is 1.63. The summed E-state index contributed by atoms with van der Waals surface area (Å²) in [5.41, 5.74) is 0. The summed E-state index contributed by atoms with van der Waals surface area (Å²) in [7, 11) is 0.630. The second-order valence-electron chi connectivity index (χ2n) is 3.04. The minimum atomic E-state index is -3.60. The van der Waals surface area contributed by atoms with Gasteiger partial charge >= 0.3 is 0 Å². The topological polar surface area (TPSA) is 61.8 Å². The molecule has 0 N–H and O–H groups in total. The van der Waals surface area contributed by atoms with Crippen LogP contribution in [-0.2, 0) is 9.84 Å². The average Bonchev–Trinajstić information content (AvgIpc) is 2.36. The molecule has 17 heavy (non-hydrogen) atoms. The van der Waals surface area contributed by atoms with Gasteiger partial charge in [0.15, 0.2) is 11.5 Å². The fourth-order valence-electron chi connectivity index (χ4n) is 1.39. The van der Waals surface area contributed by atoms with E-state index < -0.39 is 9.84 Å². The van der Waals surface area contributed by atoms with Crippen LogP contribution in [0.1, 0.15) is 0 Å². The number of sulfone groups is 1. The Labute approximate surface area is 101 Å². The van der Waals surface area contributed by atoms with E-state index in [4.69, 9.17) is 14.2 Å². The van der Waals surface area contributed by atoms with Crippen molar-refractivity contribution in [3.8, 4) is 17.2 Å². The van der Waals surface area contributed by atoms with Crippen LogP contribution < -0.4 is 14.2 Å². The summed E-state index contributed by atoms with van der Waals surface area (Å²) < 4.78 is 38.7. The monoisotopic (exact) mass is 258 g/mol. The van der Waals surface area contributed by atoms with E-state index >= 15 is 0 Å². The molecule has 0 radical (unpaired) electrons. The van der Waals surface area contributed by atoms with E-state index in [9.17, 15) is 8.42 Å². The van der Waals surface area contributed by atoms with Crippen LogP contribution in [0.15, 0.2) is 29.0 Å². The number of hydrogen-bond acceptors (Lipinski definition) is 5. The lowest BCUT2D eigenvalue weighted by Crippen LogP contribution is -2.03. The number of hydrogen-bond donors (Lipinski definition) is 0. The van der Waals surface area contributed by atoms with Crippen LogP contribution in [0.2, 0.25) is 0 Å². The van der Waals surface area contributed by atoms with Gasteiger partial charge in [-0.3, -0.25) is 0 Å². The molecule has 5 nitrogen and oxygen atoms in total. The zero-order valence-electron chi connectivity index (χ0n) is 9.89. The van der Waals surface area contributed by atoms with Crippen LogP contribution in [0, 0.1) is 0 Å². The molecular weight excluding hydrogens is 244 g/mol.